The largest absolute Gasteiger partial charge is 0.293 e. The maximum atomic E-state index is 13.0. The summed E-state index contributed by atoms with van der Waals surface area (Å²) in [4.78, 5) is 39.1. The van der Waals surface area contributed by atoms with E-state index in [2.05, 4.69) is 5.10 Å². The van der Waals surface area contributed by atoms with Crippen LogP contribution in [-0.4, -0.2) is 29.4 Å². The Morgan fingerprint density at radius 3 is 2.00 bits per heavy atom. The minimum atomic E-state index is -0.870. The molecule has 0 aromatic heterocycles. The van der Waals surface area contributed by atoms with Gasteiger partial charge in [0.1, 0.15) is 17.7 Å². The SMILES string of the molecule is CC(=O)C1=NN(c2ccccc2)[C@@H]2C(=O)N(c3ccccc3)C(=O)[C@@H]12. The van der Waals surface area contributed by atoms with Crippen LogP contribution in [0, 0.1) is 5.92 Å². The van der Waals surface area contributed by atoms with Gasteiger partial charge in [0, 0.05) is 6.92 Å². The topological polar surface area (TPSA) is 70.1 Å². The third kappa shape index (κ3) is 2.26. The van der Waals surface area contributed by atoms with Gasteiger partial charge in [0.05, 0.1) is 11.4 Å². The Labute approximate surface area is 144 Å². The number of anilines is 2. The molecule has 2 heterocycles. The number of carbonyl (C=O) groups is 3. The first kappa shape index (κ1) is 15.3. The molecule has 0 unspecified atom stereocenters. The summed E-state index contributed by atoms with van der Waals surface area (Å²) >= 11 is 0. The summed E-state index contributed by atoms with van der Waals surface area (Å²) in [6, 6.07) is 17.0. The third-order valence-corrected chi connectivity index (χ3v) is 4.44. The van der Waals surface area contributed by atoms with E-state index in [1.54, 1.807) is 36.4 Å². The third-order valence-electron chi connectivity index (χ3n) is 4.44. The molecule has 2 amide bonds. The number of hydrogen-bond acceptors (Lipinski definition) is 5. The van der Waals surface area contributed by atoms with Gasteiger partial charge < -0.3 is 0 Å². The van der Waals surface area contributed by atoms with Crippen molar-refractivity contribution in [2.24, 2.45) is 11.0 Å². The highest BCUT2D eigenvalue weighted by molar-refractivity contribution is 6.48. The molecule has 2 aliphatic heterocycles. The zero-order valence-corrected chi connectivity index (χ0v) is 13.5. The molecule has 6 nitrogen and oxygen atoms in total. The standard InChI is InChI=1S/C19H15N3O3/c1-12(23)16-15-17(22(20-16)14-10-6-3-7-11-14)19(25)21(18(15)24)13-8-4-2-5-9-13/h2-11,15,17H,1H3/t15-,17-/m0/s1. The van der Waals surface area contributed by atoms with Gasteiger partial charge >= 0.3 is 0 Å². The van der Waals surface area contributed by atoms with Gasteiger partial charge in [0.25, 0.3) is 5.91 Å². The normalized spacial score (nSPS) is 22.2. The number of benzene rings is 2. The van der Waals surface area contributed by atoms with Crippen molar-refractivity contribution in [3.8, 4) is 0 Å². The predicted molar refractivity (Wildman–Crippen MR) is 93.3 cm³/mol. The van der Waals surface area contributed by atoms with Gasteiger partial charge in [-0.3, -0.25) is 19.4 Å². The van der Waals surface area contributed by atoms with Crippen LogP contribution in [0.3, 0.4) is 0 Å². The van der Waals surface area contributed by atoms with Crippen molar-refractivity contribution in [2.75, 3.05) is 9.91 Å². The van der Waals surface area contributed by atoms with Crippen LogP contribution in [0.1, 0.15) is 6.92 Å². The molecule has 2 aromatic carbocycles. The molecule has 0 spiro atoms. The zero-order valence-electron chi connectivity index (χ0n) is 13.5. The first-order valence-electron chi connectivity index (χ1n) is 7.96. The molecule has 4 rings (SSSR count). The molecular formula is C19H15N3O3. The Morgan fingerprint density at radius 1 is 0.880 bits per heavy atom. The molecule has 0 bridgehead atoms. The lowest BCUT2D eigenvalue weighted by Gasteiger charge is -2.22. The number of amides is 2. The van der Waals surface area contributed by atoms with Gasteiger partial charge in [-0.25, -0.2) is 4.90 Å². The van der Waals surface area contributed by atoms with Crippen LogP contribution in [0.25, 0.3) is 0 Å². The van der Waals surface area contributed by atoms with Crippen LogP contribution >= 0.6 is 0 Å². The highest BCUT2D eigenvalue weighted by Crippen LogP contribution is 2.37. The molecule has 6 heteroatoms. The summed E-state index contributed by atoms with van der Waals surface area (Å²) in [5.74, 6) is -1.95. The number of hydrogen-bond donors (Lipinski definition) is 0. The minimum absolute atomic E-state index is 0.130. The molecule has 1 saturated heterocycles. The maximum Gasteiger partial charge on any atom is 0.259 e. The number of Topliss-reactive ketones (excluding diaryl/α,β-unsaturated/α-hetero) is 1. The maximum absolute atomic E-state index is 13.0. The molecule has 25 heavy (non-hydrogen) atoms. The van der Waals surface area contributed by atoms with Crippen LogP contribution in [0.5, 0.6) is 0 Å². The van der Waals surface area contributed by atoms with Crippen molar-refractivity contribution in [3.05, 3.63) is 60.7 Å². The van der Waals surface area contributed by atoms with Gasteiger partial charge in [0.15, 0.2) is 5.78 Å². The Morgan fingerprint density at radius 2 is 1.44 bits per heavy atom. The number of hydrazone groups is 1. The van der Waals surface area contributed by atoms with E-state index in [1.807, 2.05) is 24.3 Å². The van der Waals surface area contributed by atoms with Gasteiger partial charge in [-0.2, -0.15) is 5.10 Å². The first-order valence-corrected chi connectivity index (χ1v) is 7.96. The number of carbonyl (C=O) groups excluding carboxylic acids is 3. The van der Waals surface area contributed by atoms with Crippen LogP contribution in [0.15, 0.2) is 65.8 Å². The number of nitrogens with zero attached hydrogens (tertiary/aromatic N) is 3. The Kier molecular flexibility index (Phi) is 3.46. The number of ketones is 1. The van der Waals surface area contributed by atoms with E-state index in [0.29, 0.717) is 11.4 Å². The van der Waals surface area contributed by atoms with E-state index in [-0.39, 0.29) is 17.4 Å². The molecule has 0 aliphatic carbocycles. The fourth-order valence-corrected chi connectivity index (χ4v) is 3.33. The van der Waals surface area contributed by atoms with Crippen molar-refractivity contribution < 1.29 is 14.4 Å². The molecule has 0 radical (unpaired) electrons. The van der Waals surface area contributed by atoms with Crippen LogP contribution in [-0.2, 0) is 14.4 Å². The quantitative estimate of drug-likeness (QED) is 0.806. The summed E-state index contributed by atoms with van der Waals surface area (Å²) in [5, 5.41) is 5.79. The summed E-state index contributed by atoms with van der Waals surface area (Å²) in [7, 11) is 0. The van der Waals surface area contributed by atoms with Crippen LogP contribution < -0.4 is 9.91 Å². The summed E-state index contributed by atoms with van der Waals surface area (Å²) in [6.07, 6.45) is 0. The van der Waals surface area contributed by atoms with Gasteiger partial charge in [-0.1, -0.05) is 36.4 Å². The molecule has 2 aromatic rings. The number of imide groups is 1. The van der Waals surface area contributed by atoms with E-state index < -0.39 is 17.9 Å². The average Bonchev–Trinajstić information content (AvgIpc) is 3.14. The molecule has 2 atom stereocenters. The average molecular weight is 333 g/mol. The fraction of sp³-hybridized carbons (Fsp3) is 0.158. The van der Waals surface area contributed by atoms with Crippen LogP contribution in [0.2, 0.25) is 0 Å². The number of para-hydroxylation sites is 2. The van der Waals surface area contributed by atoms with Crippen molar-refractivity contribution in [2.45, 2.75) is 13.0 Å². The Bertz CT molecular complexity index is 893. The summed E-state index contributed by atoms with van der Waals surface area (Å²) < 4.78 is 0. The molecule has 124 valence electrons. The van der Waals surface area contributed by atoms with Crippen molar-refractivity contribution in [1.29, 1.82) is 0 Å². The van der Waals surface area contributed by atoms with E-state index in [0.717, 1.165) is 4.90 Å². The second-order valence-electron chi connectivity index (χ2n) is 5.99. The lowest BCUT2D eigenvalue weighted by Crippen LogP contribution is -2.39. The lowest BCUT2D eigenvalue weighted by molar-refractivity contribution is -0.122. The highest BCUT2D eigenvalue weighted by atomic mass is 16.2. The van der Waals surface area contributed by atoms with Crippen LogP contribution in [0.4, 0.5) is 11.4 Å². The van der Waals surface area contributed by atoms with E-state index in [9.17, 15) is 14.4 Å². The van der Waals surface area contributed by atoms with Gasteiger partial charge in [-0.15, -0.1) is 0 Å². The second-order valence-corrected chi connectivity index (χ2v) is 5.99. The summed E-state index contributed by atoms with van der Waals surface area (Å²) in [5.41, 5.74) is 1.30. The molecule has 0 saturated carbocycles. The van der Waals surface area contributed by atoms with Crippen molar-refractivity contribution in [1.82, 2.24) is 0 Å². The Balaban J connectivity index is 1.81. The number of rotatable bonds is 3. The first-order chi connectivity index (χ1) is 12.1. The molecule has 1 fully saturated rings. The smallest absolute Gasteiger partial charge is 0.259 e. The molecule has 2 aliphatic rings. The molecule has 0 N–H and O–H groups in total. The lowest BCUT2D eigenvalue weighted by atomic mass is 9.95. The van der Waals surface area contributed by atoms with E-state index in [1.165, 1.54) is 11.9 Å². The highest BCUT2D eigenvalue weighted by Gasteiger charge is 2.58. The fourth-order valence-electron chi connectivity index (χ4n) is 3.33. The monoisotopic (exact) mass is 333 g/mol. The van der Waals surface area contributed by atoms with E-state index >= 15 is 0 Å². The summed E-state index contributed by atoms with van der Waals surface area (Å²) in [6.45, 7) is 1.37. The number of fused-ring (bicyclic) bond motifs is 1. The van der Waals surface area contributed by atoms with Crippen molar-refractivity contribution >= 4 is 34.7 Å². The van der Waals surface area contributed by atoms with Crippen molar-refractivity contribution in [3.63, 3.8) is 0 Å². The minimum Gasteiger partial charge on any atom is -0.293 e. The Hall–Kier alpha value is -3.28. The van der Waals surface area contributed by atoms with Gasteiger partial charge in [-0.05, 0) is 24.3 Å². The molecular weight excluding hydrogens is 318 g/mol. The predicted octanol–water partition coefficient (Wildman–Crippen LogP) is 2.01. The second kappa shape index (κ2) is 5.66. The van der Waals surface area contributed by atoms with Gasteiger partial charge in [0.2, 0.25) is 5.91 Å². The zero-order chi connectivity index (χ0) is 17.6. The van der Waals surface area contributed by atoms with E-state index in [4.69, 9.17) is 0 Å².